The zero-order valence-corrected chi connectivity index (χ0v) is 11.8. The predicted octanol–water partition coefficient (Wildman–Crippen LogP) is 0.778. The van der Waals surface area contributed by atoms with Gasteiger partial charge in [-0.3, -0.25) is 9.59 Å². The van der Waals surface area contributed by atoms with E-state index in [0.717, 1.165) is 12.2 Å². The van der Waals surface area contributed by atoms with Gasteiger partial charge in [0.25, 0.3) is 0 Å². The summed E-state index contributed by atoms with van der Waals surface area (Å²) >= 11 is 1.69. The maximum absolute atomic E-state index is 12.3. The van der Waals surface area contributed by atoms with Gasteiger partial charge in [0.2, 0.25) is 5.91 Å². The van der Waals surface area contributed by atoms with Crippen molar-refractivity contribution in [2.75, 3.05) is 18.1 Å². The normalized spacial score (nSPS) is 23.5. The van der Waals surface area contributed by atoms with Crippen molar-refractivity contribution in [1.82, 2.24) is 4.90 Å². The highest BCUT2D eigenvalue weighted by Crippen LogP contribution is 2.21. The molecule has 6 heteroatoms. The van der Waals surface area contributed by atoms with Crippen molar-refractivity contribution >= 4 is 23.6 Å². The fourth-order valence-electron chi connectivity index (χ4n) is 2.00. The van der Waals surface area contributed by atoms with E-state index in [1.807, 2.05) is 13.8 Å². The summed E-state index contributed by atoms with van der Waals surface area (Å²) in [6.45, 7) is 4.55. The minimum atomic E-state index is -0.864. The van der Waals surface area contributed by atoms with Crippen LogP contribution in [0.15, 0.2) is 0 Å². The van der Waals surface area contributed by atoms with Crippen LogP contribution in [0.1, 0.15) is 26.7 Å². The number of nitrogens with zero attached hydrogens (tertiary/aromatic N) is 1. The third kappa shape index (κ3) is 3.88. The Morgan fingerprint density at radius 1 is 1.56 bits per heavy atom. The Kier molecular flexibility index (Phi) is 5.95. The number of hydrogen-bond acceptors (Lipinski definition) is 4. The average Bonchev–Trinajstić information content (AvgIpc) is 2.36. The number of aliphatic carboxylic acids is 1. The summed E-state index contributed by atoms with van der Waals surface area (Å²) < 4.78 is 0. The number of carboxylic acid groups (broad SMARTS) is 1. The van der Waals surface area contributed by atoms with Crippen molar-refractivity contribution < 1.29 is 14.7 Å². The molecule has 1 heterocycles. The van der Waals surface area contributed by atoms with Gasteiger partial charge < -0.3 is 15.7 Å². The lowest BCUT2D eigenvalue weighted by Gasteiger charge is -2.37. The Bertz CT molecular complexity index is 312. The molecule has 0 bridgehead atoms. The third-order valence-corrected chi connectivity index (χ3v) is 4.55. The molecular formula is C12H22N2O3S. The lowest BCUT2D eigenvalue weighted by atomic mass is 9.98. The molecule has 0 aromatic rings. The second-order valence-electron chi connectivity index (χ2n) is 4.77. The van der Waals surface area contributed by atoms with E-state index in [0.29, 0.717) is 12.3 Å². The van der Waals surface area contributed by atoms with Gasteiger partial charge in [-0.25, -0.2) is 0 Å². The maximum Gasteiger partial charge on any atom is 0.305 e. The van der Waals surface area contributed by atoms with Gasteiger partial charge in [0.1, 0.15) is 0 Å². The van der Waals surface area contributed by atoms with Crippen LogP contribution < -0.4 is 5.73 Å². The molecule has 0 aromatic carbocycles. The fraction of sp³-hybridized carbons (Fsp3) is 0.833. The van der Waals surface area contributed by atoms with Crippen LogP contribution >= 0.6 is 11.8 Å². The van der Waals surface area contributed by atoms with Crippen molar-refractivity contribution in [1.29, 1.82) is 0 Å². The third-order valence-electron chi connectivity index (χ3n) is 3.46. The lowest BCUT2D eigenvalue weighted by Crippen LogP contribution is -2.54. The molecule has 0 aliphatic carbocycles. The van der Waals surface area contributed by atoms with Crippen LogP contribution in [0.5, 0.6) is 0 Å². The monoisotopic (exact) mass is 274 g/mol. The topological polar surface area (TPSA) is 83.6 Å². The number of rotatable bonds is 5. The van der Waals surface area contributed by atoms with Gasteiger partial charge in [0.05, 0.1) is 18.5 Å². The number of carboxylic acids is 1. The molecule has 1 rings (SSSR count). The highest BCUT2D eigenvalue weighted by atomic mass is 32.2. The van der Waals surface area contributed by atoms with Crippen LogP contribution in [0.4, 0.5) is 0 Å². The number of hydrogen-bond donors (Lipinski definition) is 2. The van der Waals surface area contributed by atoms with E-state index in [-0.39, 0.29) is 24.3 Å². The first-order valence-corrected chi connectivity index (χ1v) is 7.48. The smallest absolute Gasteiger partial charge is 0.305 e. The largest absolute Gasteiger partial charge is 0.481 e. The molecule has 0 spiro atoms. The van der Waals surface area contributed by atoms with Gasteiger partial charge in [0, 0.05) is 18.1 Å². The molecule has 0 saturated carbocycles. The quantitative estimate of drug-likeness (QED) is 0.774. The summed E-state index contributed by atoms with van der Waals surface area (Å²) in [5.74, 6) is 0.700. The summed E-state index contributed by atoms with van der Waals surface area (Å²) in [6.07, 6.45) is 0.852. The van der Waals surface area contributed by atoms with Gasteiger partial charge in [-0.2, -0.15) is 11.8 Å². The summed E-state index contributed by atoms with van der Waals surface area (Å²) in [7, 11) is 0. The summed E-state index contributed by atoms with van der Waals surface area (Å²) in [5, 5.41) is 8.88. The van der Waals surface area contributed by atoms with Crippen LogP contribution in [0.3, 0.4) is 0 Å². The summed E-state index contributed by atoms with van der Waals surface area (Å²) in [5.41, 5.74) is 5.95. The standard InChI is InChI=1S/C12H22N2O3S/c1-3-8(2)11(13)12(17)14-4-5-18-7-9(14)6-10(15)16/h8-9,11H,3-7,13H2,1-2H3,(H,15,16)/t8-,9?,11-/m0/s1. The molecule has 0 aromatic heterocycles. The Balaban J connectivity index is 2.70. The maximum atomic E-state index is 12.3. The van der Waals surface area contributed by atoms with Crippen molar-refractivity contribution in [3.63, 3.8) is 0 Å². The molecule has 1 saturated heterocycles. The van der Waals surface area contributed by atoms with E-state index in [2.05, 4.69) is 0 Å². The fourth-order valence-corrected chi connectivity index (χ4v) is 3.07. The molecule has 3 N–H and O–H groups in total. The number of amides is 1. The van der Waals surface area contributed by atoms with E-state index in [1.54, 1.807) is 16.7 Å². The molecule has 18 heavy (non-hydrogen) atoms. The van der Waals surface area contributed by atoms with Crippen LogP contribution in [0, 0.1) is 5.92 Å². The zero-order chi connectivity index (χ0) is 13.7. The van der Waals surface area contributed by atoms with Gasteiger partial charge in [-0.15, -0.1) is 0 Å². The lowest BCUT2D eigenvalue weighted by molar-refractivity contribution is -0.141. The molecule has 5 nitrogen and oxygen atoms in total. The average molecular weight is 274 g/mol. The van der Waals surface area contributed by atoms with Crippen LogP contribution in [-0.2, 0) is 9.59 Å². The van der Waals surface area contributed by atoms with Crippen molar-refractivity contribution in [3.05, 3.63) is 0 Å². The second-order valence-corrected chi connectivity index (χ2v) is 5.92. The Labute approximate surface area is 112 Å². The first-order chi connectivity index (χ1) is 8.47. The first-order valence-electron chi connectivity index (χ1n) is 6.33. The van der Waals surface area contributed by atoms with E-state index in [4.69, 9.17) is 10.8 Å². The summed E-state index contributed by atoms with van der Waals surface area (Å²) in [4.78, 5) is 24.8. The molecule has 0 radical (unpaired) electrons. The predicted molar refractivity (Wildman–Crippen MR) is 72.5 cm³/mol. The minimum Gasteiger partial charge on any atom is -0.481 e. The second kappa shape index (κ2) is 6.99. The van der Waals surface area contributed by atoms with Gasteiger partial charge in [-0.1, -0.05) is 20.3 Å². The number of carbonyl (C=O) groups is 2. The van der Waals surface area contributed by atoms with Crippen molar-refractivity contribution in [3.8, 4) is 0 Å². The van der Waals surface area contributed by atoms with Gasteiger partial charge in [-0.05, 0) is 5.92 Å². The first kappa shape index (κ1) is 15.3. The van der Waals surface area contributed by atoms with E-state index < -0.39 is 12.0 Å². The van der Waals surface area contributed by atoms with Crippen LogP contribution in [-0.4, -0.2) is 52.0 Å². The van der Waals surface area contributed by atoms with Crippen LogP contribution in [0.25, 0.3) is 0 Å². The van der Waals surface area contributed by atoms with E-state index >= 15 is 0 Å². The molecular weight excluding hydrogens is 252 g/mol. The molecule has 1 fully saturated rings. The van der Waals surface area contributed by atoms with E-state index in [1.165, 1.54) is 0 Å². The molecule has 1 amide bonds. The molecule has 1 aliphatic rings. The highest BCUT2D eigenvalue weighted by Gasteiger charge is 2.33. The van der Waals surface area contributed by atoms with E-state index in [9.17, 15) is 9.59 Å². The summed E-state index contributed by atoms with van der Waals surface area (Å²) in [6, 6.07) is -0.738. The van der Waals surface area contributed by atoms with Gasteiger partial charge in [0.15, 0.2) is 0 Å². The zero-order valence-electron chi connectivity index (χ0n) is 11.0. The van der Waals surface area contributed by atoms with Crippen molar-refractivity contribution in [2.24, 2.45) is 11.7 Å². The number of thioether (sulfide) groups is 1. The highest BCUT2D eigenvalue weighted by molar-refractivity contribution is 7.99. The SMILES string of the molecule is CC[C@H](C)[C@H](N)C(=O)N1CCSCC1CC(=O)O. The van der Waals surface area contributed by atoms with Gasteiger partial charge >= 0.3 is 5.97 Å². The molecule has 104 valence electrons. The van der Waals surface area contributed by atoms with Crippen LogP contribution in [0.2, 0.25) is 0 Å². The Morgan fingerprint density at radius 3 is 2.78 bits per heavy atom. The Hall–Kier alpha value is -0.750. The molecule has 3 atom stereocenters. The Morgan fingerprint density at radius 2 is 2.22 bits per heavy atom. The van der Waals surface area contributed by atoms with Crippen molar-refractivity contribution in [2.45, 2.75) is 38.8 Å². The molecule has 1 aliphatic heterocycles. The number of carbonyl (C=O) groups excluding carboxylic acids is 1. The number of nitrogens with two attached hydrogens (primary N) is 1. The minimum absolute atomic E-state index is 0.00592. The molecule has 1 unspecified atom stereocenters.